The first-order chi connectivity index (χ1) is 16.3. The van der Waals surface area contributed by atoms with Gasteiger partial charge in [-0.3, -0.25) is 9.59 Å². The van der Waals surface area contributed by atoms with Crippen LogP contribution in [0.2, 0.25) is 10.0 Å². The zero-order valence-corrected chi connectivity index (χ0v) is 20.7. The Kier molecular flexibility index (Phi) is 7.99. The van der Waals surface area contributed by atoms with E-state index in [0.717, 1.165) is 13.1 Å². The minimum atomic E-state index is -0.977. The van der Waals surface area contributed by atoms with Crippen LogP contribution in [0.4, 0.5) is 0 Å². The van der Waals surface area contributed by atoms with Crippen molar-refractivity contribution in [3.8, 4) is 5.75 Å². The summed E-state index contributed by atoms with van der Waals surface area (Å²) in [5.74, 6) is 0.436. The van der Waals surface area contributed by atoms with Gasteiger partial charge in [0.25, 0.3) is 5.91 Å². The maximum Gasteiger partial charge on any atom is 0.254 e. The highest BCUT2D eigenvalue weighted by atomic mass is 35.5. The molecule has 7 nitrogen and oxygen atoms in total. The van der Waals surface area contributed by atoms with Crippen LogP contribution in [0.25, 0.3) is 0 Å². The summed E-state index contributed by atoms with van der Waals surface area (Å²) in [6.45, 7) is 4.09. The number of likely N-dealkylation sites (N-methyl/N-ethyl adjacent to an activating group) is 1. The molecule has 34 heavy (non-hydrogen) atoms. The third kappa shape index (κ3) is 6.21. The molecule has 2 fully saturated rings. The Morgan fingerprint density at radius 3 is 2.38 bits per heavy atom. The van der Waals surface area contributed by atoms with Crippen LogP contribution in [0.15, 0.2) is 48.5 Å². The molecule has 0 bridgehead atoms. The predicted molar refractivity (Wildman–Crippen MR) is 132 cm³/mol. The van der Waals surface area contributed by atoms with Crippen LogP contribution in [-0.2, 0) is 9.53 Å². The van der Waals surface area contributed by atoms with Crippen molar-refractivity contribution in [1.29, 1.82) is 0 Å². The maximum absolute atomic E-state index is 13.3. The lowest BCUT2D eigenvalue weighted by atomic mass is 9.96. The average Bonchev–Trinajstić information content (AvgIpc) is 2.83. The number of benzene rings is 2. The first kappa shape index (κ1) is 24.8. The van der Waals surface area contributed by atoms with Gasteiger partial charge in [0.05, 0.1) is 19.6 Å². The van der Waals surface area contributed by atoms with E-state index in [1.54, 1.807) is 53.4 Å². The summed E-state index contributed by atoms with van der Waals surface area (Å²) in [7, 11) is 2.05. The molecule has 2 aliphatic rings. The van der Waals surface area contributed by atoms with Crippen molar-refractivity contribution >= 4 is 35.0 Å². The minimum absolute atomic E-state index is 0.000140. The number of halogens is 2. The van der Waals surface area contributed by atoms with Crippen LogP contribution < -0.4 is 4.74 Å². The van der Waals surface area contributed by atoms with Crippen molar-refractivity contribution in [3.05, 3.63) is 64.1 Å². The van der Waals surface area contributed by atoms with E-state index in [1.807, 2.05) is 11.9 Å². The molecule has 2 saturated heterocycles. The number of morpholine rings is 1. The van der Waals surface area contributed by atoms with Crippen LogP contribution in [0, 0.1) is 0 Å². The summed E-state index contributed by atoms with van der Waals surface area (Å²) in [6, 6.07) is 14.0. The van der Waals surface area contributed by atoms with E-state index in [-0.39, 0.29) is 31.4 Å². The molecule has 2 aromatic rings. The number of amides is 2. The van der Waals surface area contributed by atoms with Crippen molar-refractivity contribution < 1.29 is 19.1 Å². The first-order valence-corrected chi connectivity index (χ1v) is 12.1. The Hall–Kier alpha value is -2.32. The summed E-state index contributed by atoms with van der Waals surface area (Å²) < 4.78 is 12.2. The van der Waals surface area contributed by atoms with E-state index >= 15 is 0 Å². The van der Waals surface area contributed by atoms with E-state index in [4.69, 9.17) is 32.7 Å². The van der Waals surface area contributed by atoms with Gasteiger partial charge in [-0.15, -0.1) is 0 Å². The number of piperazine rings is 1. The summed E-state index contributed by atoms with van der Waals surface area (Å²) in [4.78, 5) is 32.3. The van der Waals surface area contributed by atoms with Gasteiger partial charge < -0.3 is 24.2 Å². The van der Waals surface area contributed by atoms with E-state index in [1.165, 1.54) is 0 Å². The van der Waals surface area contributed by atoms with E-state index in [0.29, 0.717) is 47.6 Å². The summed E-state index contributed by atoms with van der Waals surface area (Å²) in [6.07, 6.45) is 0.122. The molecule has 0 N–H and O–H groups in total. The van der Waals surface area contributed by atoms with Crippen molar-refractivity contribution in [1.82, 2.24) is 14.7 Å². The van der Waals surface area contributed by atoms with E-state index in [2.05, 4.69) is 4.90 Å². The van der Waals surface area contributed by atoms with E-state index < -0.39 is 5.60 Å². The fourth-order valence-corrected chi connectivity index (χ4v) is 4.65. The van der Waals surface area contributed by atoms with Gasteiger partial charge in [-0.2, -0.15) is 0 Å². The third-order valence-electron chi connectivity index (χ3n) is 6.23. The fraction of sp³-hybridized carbons (Fsp3) is 0.440. The van der Waals surface area contributed by atoms with Crippen LogP contribution >= 0.6 is 23.2 Å². The molecule has 9 heteroatoms. The average molecular weight is 506 g/mol. The molecular formula is C25H29Cl2N3O4. The van der Waals surface area contributed by atoms with Gasteiger partial charge in [0.2, 0.25) is 5.91 Å². The van der Waals surface area contributed by atoms with Crippen molar-refractivity contribution in [2.75, 3.05) is 59.5 Å². The van der Waals surface area contributed by atoms with E-state index in [9.17, 15) is 9.59 Å². The van der Waals surface area contributed by atoms with Crippen LogP contribution in [0.5, 0.6) is 5.75 Å². The monoisotopic (exact) mass is 505 g/mol. The molecule has 1 unspecified atom stereocenters. The molecule has 0 aliphatic carbocycles. The molecule has 0 saturated carbocycles. The number of hydrogen-bond acceptors (Lipinski definition) is 5. The molecule has 2 amide bonds. The highest BCUT2D eigenvalue weighted by molar-refractivity contribution is 6.31. The minimum Gasteiger partial charge on any atom is -0.490 e. The lowest BCUT2D eigenvalue weighted by Gasteiger charge is -2.43. The first-order valence-electron chi connectivity index (χ1n) is 11.4. The third-order valence-corrected chi connectivity index (χ3v) is 6.70. The Bertz CT molecular complexity index is 1030. The number of hydrogen-bond donors (Lipinski definition) is 0. The molecule has 0 spiro atoms. The quantitative estimate of drug-likeness (QED) is 0.601. The normalized spacial score (nSPS) is 21.4. The second kappa shape index (κ2) is 11.0. The summed E-state index contributed by atoms with van der Waals surface area (Å²) in [5, 5.41) is 1.06. The Balaban J connectivity index is 1.53. The van der Waals surface area contributed by atoms with Gasteiger partial charge in [0, 0.05) is 48.3 Å². The highest BCUT2D eigenvalue weighted by Crippen LogP contribution is 2.28. The van der Waals surface area contributed by atoms with Gasteiger partial charge in [-0.1, -0.05) is 35.3 Å². The van der Waals surface area contributed by atoms with Crippen LogP contribution in [-0.4, -0.2) is 91.6 Å². The van der Waals surface area contributed by atoms with Crippen LogP contribution in [0.3, 0.4) is 0 Å². The lowest BCUT2D eigenvalue weighted by molar-refractivity contribution is -0.154. The SMILES string of the molecule is CN1CCN(C(=O)CC2(COc3cccc(Cl)c3)CN(C(=O)c3cccc(Cl)c3)CCO2)CC1. The number of ether oxygens (including phenoxy) is 2. The topological polar surface area (TPSA) is 62.3 Å². The second-order valence-electron chi connectivity index (χ2n) is 8.88. The molecule has 0 aromatic heterocycles. The molecule has 2 aliphatic heterocycles. The Morgan fingerprint density at radius 2 is 1.68 bits per heavy atom. The highest BCUT2D eigenvalue weighted by Gasteiger charge is 2.42. The summed E-state index contributed by atoms with van der Waals surface area (Å²) in [5.41, 5.74) is -0.473. The molecule has 182 valence electrons. The molecule has 2 aromatic carbocycles. The predicted octanol–water partition coefficient (Wildman–Crippen LogP) is 3.45. The molecular weight excluding hydrogens is 477 g/mol. The zero-order chi connectivity index (χ0) is 24.1. The van der Waals surface area contributed by atoms with Crippen molar-refractivity contribution in [2.45, 2.75) is 12.0 Å². The number of rotatable bonds is 6. The largest absolute Gasteiger partial charge is 0.490 e. The second-order valence-corrected chi connectivity index (χ2v) is 9.75. The molecule has 2 heterocycles. The molecule has 4 rings (SSSR count). The smallest absolute Gasteiger partial charge is 0.254 e. The summed E-state index contributed by atoms with van der Waals surface area (Å²) >= 11 is 12.2. The van der Waals surface area contributed by atoms with Gasteiger partial charge >= 0.3 is 0 Å². The zero-order valence-electron chi connectivity index (χ0n) is 19.2. The maximum atomic E-state index is 13.3. The standard InChI is InChI=1S/C25H29Cl2N3O4/c1-28-8-10-29(11-9-28)23(31)16-25(18-33-22-7-3-6-21(27)15-22)17-30(12-13-34-25)24(32)19-4-2-5-20(26)14-19/h2-7,14-15H,8-13,16-18H2,1H3. The fourth-order valence-electron chi connectivity index (χ4n) is 4.28. The molecule has 0 radical (unpaired) electrons. The van der Waals surface area contributed by atoms with Crippen molar-refractivity contribution in [2.24, 2.45) is 0 Å². The van der Waals surface area contributed by atoms with Crippen LogP contribution in [0.1, 0.15) is 16.8 Å². The van der Waals surface area contributed by atoms with Gasteiger partial charge in [0.1, 0.15) is 18.0 Å². The number of nitrogens with zero attached hydrogens (tertiary/aromatic N) is 3. The Labute approximate surface area is 210 Å². The Morgan fingerprint density at radius 1 is 0.971 bits per heavy atom. The van der Waals surface area contributed by atoms with Crippen molar-refractivity contribution in [3.63, 3.8) is 0 Å². The number of carbonyl (C=O) groups is 2. The van der Waals surface area contributed by atoms with Gasteiger partial charge in [-0.25, -0.2) is 0 Å². The van der Waals surface area contributed by atoms with Gasteiger partial charge in [-0.05, 0) is 43.4 Å². The number of carbonyl (C=O) groups excluding carboxylic acids is 2. The van der Waals surface area contributed by atoms with Gasteiger partial charge in [0.15, 0.2) is 0 Å². The lowest BCUT2D eigenvalue weighted by Crippen LogP contribution is -2.59. The molecule has 1 atom stereocenters.